The molecule has 0 spiro atoms. The molecule has 0 aliphatic heterocycles. The summed E-state index contributed by atoms with van der Waals surface area (Å²) in [7, 11) is 1.97. The molecule has 6 heteroatoms. The first-order valence-electron chi connectivity index (χ1n) is 4.66. The zero-order valence-corrected chi connectivity index (χ0v) is 11.0. The predicted molar refractivity (Wildman–Crippen MR) is 70.9 cm³/mol. The Morgan fingerprint density at radius 1 is 1.56 bits per heavy atom. The normalized spacial score (nSPS) is 10.4. The predicted octanol–water partition coefficient (Wildman–Crippen LogP) is 3.49. The molecule has 2 rings (SSSR count). The van der Waals surface area contributed by atoms with Crippen LogP contribution in [0.15, 0.2) is 24.3 Å². The van der Waals surface area contributed by atoms with Crippen LogP contribution in [0.2, 0.25) is 5.02 Å². The van der Waals surface area contributed by atoms with Gasteiger partial charge in [-0.3, -0.25) is 5.10 Å². The zero-order chi connectivity index (χ0) is 11.5. The Balaban J connectivity index is 2.13. The molecule has 0 saturated heterocycles. The van der Waals surface area contributed by atoms with Gasteiger partial charge in [0, 0.05) is 18.6 Å². The number of rotatable bonds is 3. The van der Waals surface area contributed by atoms with Gasteiger partial charge in [-0.05, 0) is 29.9 Å². The first-order chi connectivity index (χ1) is 7.65. The van der Waals surface area contributed by atoms with Gasteiger partial charge in [0.2, 0.25) is 5.13 Å². The fraction of sp³-hybridized carbons (Fsp3) is 0.200. The minimum atomic E-state index is 0.688. The minimum Gasteiger partial charge on any atom is -0.345 e. The lowest BCUT2D eigenvalue weighted by Crippen LogP contribution is -2.15. The average Bonchev–Trinajstić information content (AvgIpc) is 2.65. The lowest BCUT2D eigenvalue weighted by Gasteiger charge is -2.14. The third-order valence-electron chi connectivity index (χ3n) is 2.06. The van der Waals surface area contributed by atoms with Crippen LogP contribution in [-0.2, 0) is 6.54 Å². The molecular weight excluding hydrogens is 262 g/mol. The van der Waals surface area contributed by atoms with E-state index in [1.165, 1.54) is 11.3 Å². The topological polar surface area (TPSA) is 31.9 Å². The molecule has 0 unspecified atom stereocenters. The van der Waals surface area contributed by atoms with E-state index in [0.717, 1.165) is 22.3 Å². The maximum Gasteiger partial charge on any atom is 0.206 e. The summed E-state index contributed by atoms with van der Waals surface area (Å²) in [5.41, 5.74) is 1.15. The van der Waals surface area contributed by atoms with Gasteiger partial charge >= 0.3 is 0 Å². The minimum absolute atomic E-state index is 0.688. The molecule has 0 bridgehead atoms. The van der Waals surface area contributed by atoms with Crippen LogP contribution in [0.5, 0.6) is 0 Å². The largest absolute Gasteiger partial charge is 0.345 e. The molecule has 0 aliphatic carbocycles. The SMILES string of the molecule is CN(Cc1cccc(Cl)c1)c1n[nH]c(=S)s1. The van der Waals surface area contributed by atoms with Gasteiger partial charge in [0.1, 0.15) is 0 Å². The number of nitrogens with one attached hydrogen (secondary N) is 1. The van der Waals surface area contributed by atoms with Gasteiger partial charge in [-0.2, -0.15) is 0 Å². The second-order valence-electron chi connectivity index (χ2n) is 3.38. The lowest BCUT2D eigenvalue weighted by molar-refractivity contribution is 0.893. The van der Waals surface area contributed by atoms with Crippen LogP contribution < -0.4 is 4.90 Å². The fourth-order valence-electron chi connectivity index (χ4n) is 1.36. The first kappa shape index (κ1) is 11.6. The number of nitrogens with zero attached hydrogens (tertiary/aromatic N) is 2. The van der Waals surface area contributed by atoms with Crippen molar-refractivity contribution in [1.29, 1.82) is 0 Å². The van der Waals surface area contributed by atoms with Crippen molar-refractivity contribution < 1.29 is 0 Å². The summed E-state index contributed by atoms with van der Waals surface area (Å²) < 4.78 is 0.688. The Bertz CT molecular complexity index is 535. The van der Waals surface area contributed by atoms with Gasteiger partial charge in [0.15, 0.2) is 3.95 Å². The smallest absolute Gasteiger partial charge is 0.206 e. The molecule has 0 fully saturated rings. The number of anilines is 1. The highest BCUT2D eigenvalue weighted by Gasteiger charge is 2.05. The molecule has 84 valence electrons. The molecule has 0 amide bonds. The highest BCUT2D eigenvalue weighted by molar-refractivity contribution is 7.73. The van der Waals surface area contributed by atoms with E-state index in [-0.39, 0.29) is 0 Å². The van der Waals surface area contributed by atoms with Crippen LogP contribution in [-0.4, -0.2) is 17.2 Å². The number of aromatic nitrogens is 2. The van der Waals surface area contributed by atoms with Crippen molar-refractivity contribution in [3.05, 3.63) is 38.8 Å². The zero-order valence-electron chi connectivity index (χ0n) is 8.61. The monoisotopic (exact) mass is 271 g/mol. The molecule has 1 aromatic heterocycles. The molecule has 1 N–H and O–H groups in total. The number of hydrogen-bond acceptors (Lipinski definition) is 4. The van der Waals surface area contributed by atoms with Gasteiger partial charge in [-0.25, -0.2) is 0 Å². The van der Waals surface area contributed by atoms with Gasteiger partial charge in [-0.15, -0.1) is 5.10 Å². The highest BCUT2D eigenvalue weighted by atomic mass is 35.5. The van der Waals surface area contributed by atoms with Crippen LogP contribution in [0.1, 0.15) is 5.56 Å². The molecule has 16 heavy (non-hydrogen) atoms. The Kier molecular flexibility index (Phi) is 3.58. The van der Waals surface area contributed by atoms with Crippen LogP contribution >= 0.6 is 35.2 Å². The van der Waals surface area contributed by atoms with Crippen LogP contribution in [0.3, 0.4) is 0 Å². The summed E-state index contributed by atoms with van der Waals surface area (Å²) in [6.07, 6.45) is 0. The highest BCUT2D eigenvalue weighted by Crippen LogP contribution is 2.19. The summed E-state index contributed by atoms with van der Waals surface area (Å²) in [6.45, 7) is 0.761. The van der Waals surface area contributed by atoms with Crippen molar-refractivity contribution >= 4 is 40.3 Å². The third kappa shape index (κ3) is 2.81. The Morgan fingerprint density at radius 3 is 3.00 bits per heavy atom. The Hall–Kier alpha value is -0.910. The standard InChI is InChI=1S/C10H10ClN3S2/c1-14(9-12-13-10(15)16-9)6-7-3-2-4-8(11)5-7/h2-5H,6H2,1H3,(H,13,15). The average molecular weight is 272 g/mol. The van der Waals surface area contributed by atoms with E-state index in [9.17, 15) is 0 Å². The van der Waals surface area contributed by atoms with Crippen molar-refractivity contribution in [2.75, 3.05) is 11.9 Å². The summed E-state index contributed by atoms with van der Waals surface area (Å²) in [6, 6.07) is 7.79. The van der Waals surface area contributed by atoms with E-state index >= 15 is 0 Å². The Labute approximate surface area is 108 Å². The summed E-state index contributed by atoms with van der Waals surface area (Å²) in [5, 5.41) is 8.51. The quantitative estimate of drug-likeness (QED) is 0.868. The van der Waals surface area contributed by atoms with Crippen molar-refractivity contribution in [3.63, 3.8) is 0 Å². The molecular formula is C10H10ClN3S2. The molecule has 0 radical (unpaired) electrons. The van der Waals surface area contributed by atoms with E-state index < -0.39 is 0 Å². The molecule has 0 saturated carbocycles. The molecule has 1 aromatic carbocycles. The van der Waals surface area contributed by atoms with Crippen molar-refractivity contribution in [1.82, 2.24) is 10.2 Å². The second-order valence-corrected chi connectivity index (χ2v) is 5.46. The van der Waals surface area contributed by atoms with Crippen molar-refractivity contribution in [3.8, 4) is 0 Å². The summed E-state index contributed by atoms with van der Waals surface area (Å²) >= 11 is 12.4. The van der Waals surface area contributed by atoms with Crippen LogP contribution in [0.4, 0.5) is 5.13 Å². The van der Waals surface area contributed by atoms with Gasteiger partial charge in [-0.1, -0.05) is 35.1 Å². The molecule has 2 aromatic rings. The van der Waals surface area contributed by atoms with Crippen molar-refractivity contribution in [2.45, 2.75) is 6.54 Å². The van der Waals surface area contributed by atoms with E-state index in [2.05, 4.69) is 10.2 Å². The van der Waals surface area contributed by atoms with E-state index in [0.29, 0.717) is 3.95 Å². The molecule has 0 atom stereocenters. The Morgan fingerprint density at radius 2 is 2.38 bits per heavy atom. The first-order valence-corrected chi connectivity index (χ1v) is 6.26. The van der Waals surface area contributed by atoms with E-state index in [4.69, 9.17) is 23.8 Å². The van der Waals surface area contributed by atoms with Gasteiger partial charge < -0.3 is 4.90 Å². The molecule has 1 heterocycles. The van der Waals surface area contributed by atoms with E-state index in [1.54, 1.807) is 0 Å². The molecule has 3 nitrogen and oxygen atoms in total. The number of halogens is 1. The number of benzene rings is 1. The summed E-state index contributed by atoms with van der Waals surface area (Å²) in [4.78, 5) is 2.03. The maximum atomic E-state index is 5.92. The van der Waals surface area contributed by atoms with Gasteiger partial charge in [0.25, 0.3) is 0 Å². The van der Waals surface area contributed by atoms with E-state index in [1.807, 2.05) is 36.2 Å². The number of aromatic amines is 1. The number of H-pyrrole nitrogens is 1. The maximum absolute atomic E-state index is 5.92. The summed E-state index contributed by atoms with van der Waals surface area (Å²) in [5.74, 6) is 0. The number of hydrogen-bond donors (Lipinski definition) is 1. The molecule has 0 aliphatic rings. The fourth-order valence-corrected chi connectivity index (χ4v) is 2.41. The second kappa shape index (κ2) is 4.95. The van der Waals surface area contributed by atoms with Gasteiger partial charge in [0.05, 0.1) is 0 Å². The third-order valence-corrected chi connectivity index (χ3v) is 3.50. The lowest BCUT2D eigenvalue weighted by atomic mass is 10.2. The van der Waals surface area contributed by atoms with Crippen molar-refractivity contribution in [2.24, 2.45) is 0 Å². The van der Waals surface area contributed by atoms with Crippen LogP contribution in [0.25, 0.3) is 0 Å². The van der Waals surface area contributed by atoms with Crippen LogP contribution in [0, 0.1) is 3.95 Å².